The van der Waals surface area contributed by atoms with Crippen molar-refractivity contribution in [1.82, 2.24) is 15.5 Å². The van der Waals surface area contributed by atoms with Crippen molar-refractivity contribution in [2.24, 2.45) is 10.9 Å². The second kappa shape index (κ2) is 14.1. The van der Waals surface area contributed by atoms with Crippen molar-refractivity contribution in [3.8, 4) is 0 Å². The molecule has 6 nitrogen and oxygen atoms in total. The molecule has 1 aromatic carbocycles. The summed E-state index contributed by atoms with van der Waals surface area (Å²) in [5.74, 6) is 1.43. The number of aliphatic imine (C=N–C) groups is 1. The van der Waals surface area contributed by atoms with Crippen molar-refractivity contribution in [2.75, 3.05) is 46.5 Å². The minimum Gasteiger partial charge on any atom is -0.380 e. The van der Waals surface area contributed by atoms with Gasteiger partial charge in [0.15, 0.2) is 5.96 Å². The summed E-state index contributed by atoms with van der Waals surface area (Å²) in [5.41, 5.74) is 2.39. The molecule has 2 N–H and O–H groups in total. The fraction of sp³-hybridized carbons (Fsp3) is 0.667. The highest BCUT2D eigenvalue weighted by atomic mass is 127. The van der Waals surface area contributed by atoms with E-state index in [1.165, 1.54) is 11.1 Å². The molecule has 0 bridgehead atoms. The maximum atomic E-state index is 5.50. The van der Waals surface area contributed by atoms with Gasteiger partial charge < -0.3 is 20.1 Å². The third-order valence-corrected chi connectivity index (χ3v) is 4.93. The van der Waals surface area contributed by atoms with Crippen LogP contribution < -0.4 is 10.6 Å². The van der Waals surface area contributed by atoms with Crippen molar-refractivity contribution in [1.29, 1.82) is 0 Å². The molecule has 1 atom stereocenters. The van der Waals surface area contributed by atoms with Gasteiger partial charge in [-0.05, 0) is 24.0 Å². The molecule has 7 heteroatoms. The molecule has 28 heavy (non-hydrogen) atoms. The van der Waals surface area contributed by atoms with Gasteiger partial charge in [0.25, 0.3) is 0 Å². The first-order valence-electron chi connectivity index (χ1n) is 10.0. The number of hydrogen-bond donors (Lipinski definition) is 2. The molecule has 160 valence electrons. The summed E-state index contributed by atoms with van der Waals surface area (Å²) in [6.45, 7) is 13.3. The molecule has 1 saturated heterocycles. The lowest BCUT2D eigenvalue weighted by molar-refractivity contribution is 0.00752. The maximum absolute atomic E-state index is 5.50. The van der Waals surface area contributed by atoms with Crippen LogP contribution in [-0.4, -0.2) is 63.4 Å². The van der Waals surface area contributed by atoms with Gasteiger partial charge in [-0.2, -0.15) is 0 Å². The van der Waals surface area contributed by atoms with E-state index in [0.29, 0.717) is 25.1 Å². The van der Waals surface area contributed by atoms with Gasteiger partial charge in [-0.3, -0.25) is 4.90 Å². The zero-order valence-corrected chi connectivity index (χ0v) is 20.1. The number of rotatable bonds is 9. The number of hydrogen-bond acceptors (Lipinski definition) is 4. The largest absolute Gasteiger partial charge is 0.380 e. The Kier molecular flexibility index (Phi) is 12.7. The molecule has 0 amide bonds. The molecule has 0 saturated carbocycles. The Morgan fingerprint density at radius 1 is 1.18 bits per heavy atom. The molecule has 0 spiro atoms. The lowest BCUT2D eigenvalue weighted by atomic mass is 10.0. The summed E-state index contributed by atoms with van der Waals surface area (Å²) in [6.07, 6.45) is 0. The molecule has 1 fully saturated rings. The molecule has 0 aliphatic carbocycles. The maximum Gasteiger partial charge on any atom is 0.191 e. The van der Waals surface area contributed by atoms with Crippen LogP contribution in [-0.2, 0) is 22.6 Å². The van der Waals surface area contributed by atoms with Gasteiger partial charge in [0.2, 0.25) is 0 Å². The molecule has 2 rings (SSSR count). The van der Waals surface area contributed by atoms with Crippen molar-refractivity contribution in [3.05, 3.63) is 35.4 Å². The van der Waals surface area contributed by atoms with E-state index in [9.17, 15) is 0 Å². The van der Waals surface area contributed by atoms with Gasteiger partial charge in [-0.1, -0.05) is 38.1 Å². The van der Waals surface area contributed by atoms with Crippen LogP contribution in [0.1, 0.15) is 31.9 Å². The summed E-state index contributed by atoms with van der Waals surface area (Å²) >= 11 is 0. The first-order chi connectivity index (χ1) is 13.2. The van der Waals surface area contributed by atoms with Gasteiger partial charge in [0, 0.05) is 39.3 Å². The lowest BCUT2D eigenvalue weighted by Crippen LogP contribution is -2.52. The number of guanidine groups is 1. The molecule has 1 aromatic rings. The number of benzene rings is 1. The smallest absolute Gasteiger partial charge is 0.191 e. The Morgan fingerprint density at radius 3 is 2.46 bits per heavy atom. The summed E-state index contributed by atoms with van der Waals surface area (Å²) in [5, 5.41) is 6.91. The summed E-state index contributed by atoms with van der Waals surface area (Å²) in [6, 6.07) is 8.78. The molecule has 0 radical (unpaired) electrons. The minimum atomic E-state index is 0. The molecular formula is C21H37IN4O2. The van der Waals surface area contributed by atoms with Crippen molar-refractivity contribution < 1.29 is 9.47 Å². The molecule has 0 aromatic heterocycles. The van der Waals surface area contributed by atoms with Crippen LogP contribution in [0.25, 0.3) is 0 Å². The van der Waals surface area contributed by atoms with Crippen LogP contribution in [0.2, 0.25) is 0 Å². The fourth-order valence-electron chi connectivity index (χ4n) is 3.41. The van der Waals surface area contributed by atoms with E-state index < -0.39 is 0 Å². The average Bonchev–Trinajstić information content (AvgIpc) is 2.68. The second-order valence-electron chi connectivity index (χ2n) is 7.24. The molecule has 1 heterocycles. The predicted molar refractivity (Wildman–Crippen MR) is 126 cm³/mol. The molecule has 1 aliphatic heterocycles. The Labute approximate surface area is 187 Å². The van der Waals surface area contributed by atoms with E-state index in [-0.39, 0.29) is 24.0 Å². The van der Waals surface area contributed by atoms with Gasteiger partial charge >= 0.3 is 0 Å². The Bertz CT molecular complexity index is 577. The van der Waals surface area contributed by atoms with Crippen LogP contribution in [0, 0.1) is 5.92 Å². The fourth-order valence-corrected chi connectivity index (χ4v) is 3.41. The second-order valence-corrected chi connectivity index (χ2v) is 7.24. The van der Waals surface area contributed by atoms with Gasteiger partial charge in [-0.15, -0.1) is 24.0 Å². The normalized spacial score (nSPS) is 16.5. The van der Waals surface area contributed by atoms with Crippen molar-refractivity contribution >= 4 is 29.9 Å². The highest BCUT2D eigenvalue weighted by Gasteiger charge is 2.23. The van der Waals surface area contributed by atoms with Crippen LogP contribution >= 0.6 is 24.0 Å². The summed E-state index contributed by atoms with van der Waals surface area (Å²) < 4.78 is 10.8. The van der Waals surface area contributed by atoms with E-state index in [4.69, 9.17) is 14.5 Å². The van der Waals surface area contributed by atoms with Crippen molar-refractivity contribution in [2.45, 2.75) is 40.0 Å². The Morgan fingerprint density at radius 2 is 1.86 bits per heavy atom. The molecular weight excluding hydrogens is 467 g/mol. The number of ether oxygens (including phenoxy) is 2. The SMILES string of the molecule is CCNC(=NCc1ccccc1COC)NCC(C(C)C)N1CCOCC1.I. The highest BCUT2D eigenvalue weighted by molar-refractivity contribution is 14.0. The molecule has 1 unspecified atom stereocenters. The van der Waals surface area contributed by atoms with Gasteiger partial charge in [0.05, 0.1) is 26.4 Å². The van der Waals surface area contributed by atoms with E-state index in [1.54, 1.807) is 7.11 Å². The van der Waals surface area contributed by atoms with Crippen LogP contribution in [0.4, 0.5) is 0 Å². The third kappa shape index (κ3) is 8.23. The third-order valence-electron chi connectivity index (χ3n) is 4.93. The first kappa shape index (κ1) is 25.1. The van der Waals surface area contributed by atoms with Crippen molar-refractivity contribution in [3.63, 3.8) is 0 Å². The van der Waals surface area contributed by atoms with E-state index >= 15 is 0 Å². The Hall–Kier alpha value is -0.900. The zero-order valence-electron chi connectivity index (χ0n) is 17.7. The average molecular weight is 504 g/mol. The monoisotopic (exact) mass is 504 g/mol. The van der Waals surface area contributed by atoms with Crippen LogP contribution in [0.3, 0.4) is 0 Å². The van der Waals surface area contributed by atoms with Gasteiger partial charge in [0.1, 0.15) is 0 Å². The number of methoxy groups -OCH3 is 1. The lowest BCUT2D eigenvalue weighted by Gasteiger charge is -2.37. The highest BCUT2D eigenvalue weighted by Crippen LogP contribution is 2.13. The van der Waals surface area contributed by atoms with Crippen LogP contribution in [0.5, 0.6) is 0 Å². The zero-order chi connectivity index (χ0) is 19.5. The van der Waals surface area contributed by atoms with E-state index in [0.717, 1.165) is 45.4 Å². The Balaban J connectivity index is 0.00000392. The number of nitrogens with one attached hydrogen (secondary N) is 2. The predicted octanol–water partition coefficient (Wildman–Crippen LogP) is 2.86. The first-order valence-corrected chi connectivity index (χ1v) is 10.0. The minimum absolute atomic E-state index is 0. The van der Waals surface area contributed by atoms with E-state index in [2.05, 4.69) is 54.5 Å². The summed E-state index contributed by atoms with van der Waals surface area (Å²) in [7, 11) is 1.73. The number of nitrogens with zero attached hydrogens (tertiary/aromatic N) is 2. The number of halogens is 1. The van der Waals surface area contributed by atoms with Gasteiger partial charge in [-0.25, -0.2) is 4.99 Å². The quantitative estimate of drug-likeness (QED) is 0.308. The standard InChI is InChI=1S/C21H36N4O2.HI/c1-5-22-21(23-14-18-8-6-7-9-19(18)16-26-4)24-15-20(17(2)3)25-10-12-27-13-11-25;/h6-9,17,20H,5,10-16H2,1-4H3,(H2,22,23,24);1H. The van der Waals surface area contributed by atoms with Crippen LogP contribution in [0.15, 0.2) is 29.3 Å². The number of morpholine rings is 1. The topological polar surface area (TPSA) is 58.1 Å². The van der Waals surface area contributed by atoms with E-state index in [1.807, 2.05) is 6.07 Å². The summed E-state index contributed by atoms with van der Waals surface area (Å²) in [4.78, 5) is 7.33. The molecule has 1 aliphatic rings.